The first-order valence-electron chi connectivity index (χ1n) is 7.19. The number of carbonyl (C=O) groups excluding carboxylic acids is 1. The third kappa shape index (κ3) is 3.51. The number of benzene rings is 1. The Bertz CT molecular complexity index is 483. The molecule has 1 aromatic carbocycles. The molecule has 0 aromatic heterocycles. The van der Waals surface area contributed by atoms with Crippen molar-refractivity contribution in [2.45, 2.75) is 38.8 Å². The summed E-state index contributed by atoms with van der Waals surface area (Å²) in [5.74, 6) is 0.839. The topological polar surface area (TPSA) is 41.6 Å². The smallest absolute Gasteiger partial charge is 0.260 e. The van der Waals surface area contributed by atoms with Crippen LogP contribution in [0.15, 0.2) is 18.2 Å². The molecule has 1 atom stereocenters. The van der Waals surface area contributed by atoms with Gasteiger partial charge in [0.25, 0.3) is 5.91 Å². The normalized spacial score (nSPS) is 15.8. The molecule has 0 radical (unpaired) electrons. The maximum absolute atomic E-state index is 12.0. The number of hydrogen-bond donors (Lipinski definition) is 1. The van der Waals surface area contributed by atoms with Crippen LogP contribution in [-0.2, 0) is 4.79 Å². The minimum Gasteiger partial charge on any atom is -0.483 e. The Hall–Kier alpha value is -1.55. The van der Waals surface area contributed by atoms with Crippen LogP contribution in [0.2, 0.25) is 0 Å². The number of ether oxygens (including phenoxy) is 1. The molecular formula is C16H24N2O2. The van der Waals surface area contributed by atoms with E-state index < -0.39 is 0 Å². The average molecular weight is 276 g/mol. The van der Waals surface area contributed by atoms with Crippen LogP contribution in [0, 0.1) is 6.92 Å². The van der Waals surface area contributed by atoms with Gasteiger partial charge in [-0.2, -0.15) is 0 Å². The van der Waals surface area contributed by atoms with Gasteiger partial charge in [-0.3, -0.25) is 4.79 Å². The van der Waals surface area contributed by atoms with E-state index in [0.29, 0.717) is 6.04 Å². The molecule has 20 heavy (non-hydrogen) atoms. The highest BCUT2D eigenvalue weighted by atomic mass is 16.5. The number of nitrogens with one attached hydrogen (secondary N) is 1. The number of hydrogen-bond acceptors (Lipinski definition) is 3. The van der Waals surface area contributed by atoms with E-state index in [0.717, 1.165) is 24.2 Å². The lowest BCUT2D eigenvalue weighted by Gasteiger charge is -2.19. The molecule has 0 bridgehead atoms. The average Bonchev–Trinajstić information content (AvgIpc) is 3.28. The summed E-state index contributed by atoms with van der Waals surface area (Å²) in [6.45, 7) is 4.25. The fraction of sp³-hybridized carbons (Fsp3) is 0.562. The van der Waals surface area contributed by atoms with Gasteiger partial charge in [0.1, 0.15) is 5.75 Å². The largest absolute Gasteiger partial charge is 0.483 e. The Labute approximate surface area is 121 Å². The Morgan fingerprint density at radius 2 is 2.20 bits per heavy atom. The maximum atomic E-state index is 12.0. The highest BCUT2D eigenvalue weighted by Crippen LogP contribution is 2.27. The fourth-order valence-corrected chi connectivity index (χ4v) is 2.20. The molecule has 1 fully saturated rings. The van der Waals surface area contributed by atoms with Gasteiger partial charge >= 0.3 is 0 Å². The van der Waals surface area contributed by atoms with Gasteiger partial charge in [-0.25, -0.2) is 0 Å². The molecule has 110 valence electrons. The van der Waals surface area contributed by atoms with E-state index in [9.17, 15) is 4.79 Å². The molecule has 1 aromatic rings. The second kappa shape index (κ2) is 6.27. The predicted octanol–water partition coefficient (Wildman–Crippen LogP) is 2.28. The zero-order valence-corrected chi connectivity index (χ0v) is 12.8. The summed E-state index contributed by atoms with van der Waals surface area (Å²) < 4.78 is 5.74. The summed E-state index contributed by atoms with van der Waals surface area (Å²) in [5.41, 5.74) is 2.28. The SMILES string of the molecule is CNC(C)c1cc(C)ccc1OCC(=O)N(C)C1CC1. The molecule has 4 nitrogen and oxygen atoms in total. The van der Waals surface area contributed by atoms with Gasteiger partial charge in [0.05, 0.1) is 0 Å². The number of nitrogens with zero attached hydrogens (tertiary/aromatic N) is 1. The Morgan fingerprint density at radius 3 is 2.80 bits per heavy atom. The highest BCUT2D eigenvalue weighted by Gasteiger charge is 2.29. The van der Waals surface area contributed by atoms with Crippen molar-refractivity contribution in [3.8, 4) is 5.75 Å². The number of carbonyl (C=O) groups is 1. The molecule has 0 aliphatic heterocycles. The van der Waals surface area contributed by atoms with E-state index in [1.165, 1.54) is 5.56 Å². The van der Waals surface area contributed by atoms with Crippen LogP contribution in [0.4, 0.5) is 0 Å². The maximum Gasteiger partial charge on any atom is 0.260 e. The summed E-state index contributed by atoms with van der Waals surface area (Å²) in [6.07, 6.45) is 2.24. The molecule has 1 N–H and O–H groups in total. The van der Waals surface area contributed by atoms with E-state index in [4.69, 9.17) is 4.74 Å². The molecule has 0 spiro atoms. The Kier molecular flexibility index (Phi) is 4.65. The van der Waals surface area contributed by atoms with Crippen LogP contribution in [0.3, 0.4) is 0 Å². The molecule has 1 aliphatic carbocycles. The molecule has 2 rings (SSSR count). The lowest BCUT2D eigenvalue weighted by Crippen LogP contribution is -2.33. The standard InChI is InChI=1S/C16H24N2O2/c1-11-5-8-15(14(9-11)12(2)17-3)20-10-16(19)18(4)13-6-7-13/h5,8-9,12-13,17H,6-7,10H2,1-4H3. The molecule has 1 saturated carbocycles. The van der Waals surface area contributed by atoms with Crippen molar-refractivity contribution in [1.82, 2.24) is 10.2 Å². The third-order valence-corrected chi connectivity index (χ3v) is 3.90. The molecule has 0 saturated heterocycles. The first-order chi connectivity index (χ1) is 9.52. The molecule has 1 amide bonds. The first-order valence-corrected chi connectivity index (χ1v) is 7.19. The van der Waals surface area contributed by atoms with E-state index in [1.54, 1.807) is 4.90 Å². The highest BCUT2D eigenvalue weighted by molar-refractivity contribution is 5.78. The summed E-state index contributed by atoms with van der Waals surface area (Å²) in [4.78, 5) is 13.8. The van der Waals surface area contributed by atoms with Crippen molar-refractivity contribution < 1.29 is 9.53 Å². The second-order valence-corrected chi connectivity index (χ2v) is 5.58. The van der Waals surface area contributed by atoms with Gasteiger partial charge in [-0.15, -0.1) is 0 Å². The van der Waals surface area contributed by atoms with Gasteiger partial charge in [-0.05, 0) is 39.8 Å². The molecular weight excluding hydrogens is 252 g/mol. The Morgan fingerprint density at radius 1 is 1.50 bits per heavy atom. The summed E-state index contributed by atoms with van der Waals surface area (Å²) in [6, 6.07) is 6.69. The molecule has 4 heteroatoms. The van der Waals surface area contributed by atoms with Crippen LogP contribution in [0.1, 0.15) is 36.9 Å². The monoisotopic (exact) mass is 276 g/mol. The summed E-state index contributed by atoms with van der Waals surface area (Å²) in [7, 11) is 3.78. The Balaban J connectivity index is 2.02. The molecule has 1 unspecified atom stereocenters. The van der Waals surface area contributed by atoms with Crippen molar-refractivity contribution in [1.29, 1.82) is 0 Å². The quantitative estimate of drug-likeness (QED) is 0.866. The van der Waals surface area contributed by atoms with Crippen molar-refractivity contribution in [2.75, 3.05) is 20.7 Å². The van der Waals surface area contributed by atoms with E-state index in [2.05, 4.69) is 25.2 Å². The van der Waals surface area contributed by atoms with Crippen LogP contribution < -0.4 is 10.1 Å². The first kappa shape index (κ1) is 14.9. The zero-order valence-electron chi connectivity index (χ0n) is 12.8. The zero-order chi connectivity index (χ0) is 14.7. The minimum atomic E-state index is 0.0520. The lowest BCUT2D eigenvalue weighted by atomic mass is 10.0. The van der Waals surface area contributed by atoms with E-state index >= 15 is 0 Å². The van der Waals surface area contributed by atoms with Crippen LogP contribution in [-0.4, -0.2) is 37.6 Å². The van der Waals surface area contributed by atoms with Gasteiger partial charge < -0.3 is 15.0 Å². The van der Waals surface area contributed by atoms with Crippen molar-refractivity contribution in [3.63, 3.8) is 0 Å². The minimum absolute atomic E-state index is 0.0520. The van der Waals surface area contributed by atoms with Gasteiger partial charge in [0.2, 0.25) is 0 Å². The van der Waals surface area contributed by atoms with Crippen molar-refractivity contribution in [3.05, 3.63) is 29.3 Å². The van der Waals surface area contributed by atoms with Gasteiger partial charge in [-0.1, -0.05) is 17.7 Å². The van der Waals surface area contributed by atoms with E-state index in [1.807, 2.05) is 26.2 Å². The van der Waals surface area contributed by atoms with Gasteiger partial charge in [0, 0.05) is 24.7 Å². The molecule has 0 heterocycles. The second-order valence-electron chi connectivity index (χ2n) is 5.58. The van der Waals surface area contributed by atoms with E-state index in [-0.39, 0.29) is 18.6 Å². The number of aryl methyl sites for hydroxylation is 1. The summed E-state index contributed by atoms with van der Waals surface area (Å²) >= 11 is 0. The van der Waals surface area contributed by atoms with Crippen LogP contribution >= 0.6 is 0 Å². The fourth-order valence-electron chi connectivity index (χ4n) is 2.20. The van der Waals surface area contributed by atoms with Crippen LogP contribution in [0.5, 0.6) is 5.75 Å². The van der Waals surface area contributed by atoms with Crippen LogP contribution in [0.25, 0.3) is 0 Å². The van der Waals surface area contributed by atoms with Crippen molar-refractivity contribution in [2.24, 2.45) is 0 Å². The molecule has 1 aliphatic rings. The number of likely N-dealkylation sites (N-methyl/N-ethyl adjacent to an activating group) is 1. The summed E-state index contributed by atoms with van der Waals surface area (Å²) in [5, 5.41) is 3.21. The lowest BCUT2D eigenvalue weighted by molar-refractivity contribution is -0.132. The third-order valence-electron chi connectivity index (χ3n) is 3.90. The van der Waals surface area contributed by atoms with Crippen molar-refractivity contribution >= 4 is 5.91 Å². The number of amides is 1. The number of rotatable bonds is 6. The van der Waals surface area contributed by atoms with Gasteiger partial charge in [0.15, 0.2) is 6.61 Å². The predicted molar refractivity (Wildman–Crippen MR) is 79.9 cm³/mol.